The Hall–Kier alpha value is -1.09. The Bertz CT molecular complexity index is 341. The van der Waals surface area contributed by atoms with Gasteiger partial charge in [-0.1, -0.05) is 19.8 Å². The Balaban J connectivity index is 2.05. The fraction of sp³-hybridized carbons (Fsp3) is 0.600. The summed E-state index contributed by atoms with van der Waals surface area (Å²) in [5.41, 5.74) is 0.637. The lowest BCUT2D eigenvalue weighted by atomic mass is 10.2. The molecule has 0 radical (unpaired) electrons. The fourth-order valence-electron chi connectivity index (χ4n) is 1.78. The monoisotopic (exact) mass is 253 g/mol. The van der Waals surface area contributed by atoms with Gasteiger partial charge in [0, 0.05) is 0 Å². The number of nitrogens with one attached hydrogen (secondary N) is 1. The molecule has 0 saturated carbocycles. The average molecular weight is 253 g/mol. The maximum absolute atomic E-state index is 13.0. The van der Waals surface area contributed by atoms with E-state index >= 15 is 0 Å². The summed E-state index contributed by atoms with van der Waals surface area (Å²) in [5, 5.41) is 3.31. The molecular formula is C15H24FNO. The Morgan fingerprint density at radius 1 is 1.17 bits per heavy atom. The van der Waals surface area contributed by atoms with Gasteiger partial charge in [0.15, 0.2) is 0 Å². The molecular weight excluding hydrogens is 229 g/mol. The van der Waals surface area contributed by atoms with Gasteiger partial charge in [-0.15, -0.1) is 0 Å². The number of rotatable bonds is 9. The van der Waals surface area contributed by atoms with Crippen LogP contribution >= 0.6 is 0 Å². The van der Waals surface area contributed by atoms with E-state index in [2.05, 4.69) is 12.2 Å². The molecule has 1 rings (SSSR count). The van der Waals surface area contributed by atoms with E-state index in [1.54, 1.807) is 19.1 Å². The first-order valence-electron chi connectivity index (χ1n) is 6.83. The second kappa shape index (κ2) is 8.92. The molecule has 0 aromatic heterocycles. The van der Waals surface area contributed by atoms with Crippen LogP contribution in [-0.4, -0.2) is 19.7 Å². The van der Waals surface area contributed by atoms with E-state index in [1.165, 1.54) is 25.3 Å². The van der Waals surface area contributed by atoms with E-state index in [1.807, 2.05) is 0 Å². The van der Waals surface area contributed by atoms with Gasteiger partial charge in [-0.25, -0.2) is 4.39 Å². The van der Waals surface area contributed by atoms with E-state index in [-0.39, 0.29) is 5.82 Å². The lowest BCUT2D eigenvalue weighted by Crippen LogP contribution is -2.13. The molecule has 102 valence electrons. The summed E-state index contributed by atoms with van der Waals surface area (Å²) in [6, 6.07) is 4.90. The number of unbranched alkanes of at least 4 members (excludes halogenated alkanes) is 3. The van der Waals surface area contributed by atoms with Gasteiger partial charge in [-0.05, 0) is 56.6 Å². The first-order chi connectivity index (χ1) is 8.74. The van der Waals surface area contributed by atoms with Crippen molar-refractivity contribution >= 4 is 0 Å². The third-order valence-electron chi connectivity index (χ3n) is 2.90. The molecule has 1 N–H and O–H groups in total. The van der Waals surface area contributed by atoms with Gasteiger partial charge < -0.3 is 10.1 Å². The minimum absolute atomic E-state index is 0.175. The highest BCUT2D eigenvalue weighted by molar-refractivity contribution is 5.28. The lowest BCUT2D eigenvalue weighted by Gasteiger charge is -2.07. The number of ether oxygens (including phenoxy) is 1. The zero-order chi connectivity index (χ0) is 13.2. The van der Waals surface area contributed by atoms with Crippen molar-refractivity contribution in [2.75, 3.05) is 19.7 Å². The number of aryl methyl sites for hydroxylation is 1. The van der Waals surface area contributed by atoms with Crippen molar-refractivity contribution in [2.24, 2.45) is 0 Å². The van der Waals surface area contributed by atoms with Crippen LogP contribution in [0.15, 0.2) is 18.2 Å². The maximum atomic E-state index is 13.0. The van der Waals surface area contributed by atoms with Crippen LogP contribution in [0.3, 0.4) is 0 Å². The average Bonchev–Trinajstić information content (AvgIpc) is 2.37. The largest absolute Gasteiger partial charge is 0.494 e. The van der Waals surface area contributed by atoms with E-state index in [4.69, 9.17) is 4.74 Å². The second-order valence-corrected chi connectivity index (χ2v) is 4.53. The number of hydrogen-bond donors (Lipinski definition) is 1. The summed E-state index contributed by atoms with van der Waals surface area (Å²) in [4.78, 5) is 0. The molecule has 0 spiro atoms. The predicted molar refractivity (Wildman–Crippen MR) is 73.6 cm³/mol. The van der Waals surface area contributed by atoms with Crippen molar-refractivity contribution in [1.82, 2.24) is 5.32 Å². The fourth-order valence-corrected chi connectivity index (χ4v) is 1.78. The van der Waals surface area contributed by atoms with Crippen molar-refractivity contribution in [3.63, 3.8) is 0 Å². The predicted octanol–water partition coefficient (Wildman–Crippen LogP) is 3.68. The summed E-state index contributed by atoms with van der Waals surface area (Å²) >= 11 is 0. The highest BCUT2D eigenvalue weighted by Gasteiger charge is 1.99. The Kier molecular flexibility index (Phi) is 7.42. The van der Waals surface area contributed by atoms with Gasteiger partial charge >= 0.3 is 0 Å². The first kappa shape index (κ1) is 15.0. The summed E-state index contributed by atoms with van der Waals surface area (Å²) in [7, 11) is 0. The molecule has 0 aliphatic carbocycles. The topological polar surface area (TPSA) is 21.3 Å². The van der Waals surface area contributed by atoms with Crippen molar-refractivity contribution in [3.05, 3.63) is 29.6 Å². The van der Waals surface area contributed by atoms with Gasteiger partial charge in [-0.3, -0.25) is 0 Å². The number of halogens is 1. The van der Waals surface area contributed by atoms with Gasteiger partial charge in [0.2, 0.25) is 0 Å². The number of hydrogen-bond acceptors (Lipinski definition) is 2. The highest BCUT2D eigenvalue weighted by atomic mass is 19.1. The quantitative estimate of drug-likeness (QED) is 0.678. The van der Waals surface area contributed by atoms with Gasteiger partial charge in [0.25, 0.3) is 0 Å². The normalized spacial score (nSPS) is 10.6. The summed E-state index contributed by atoms with van der Waals surface area (Å²) in [6.45, 7) is 6.75. The van der Waals surface area contributed by atoms with Crippen LogP contribution in [0.2, 0.25) is 0 Å². The molecule has 0 fully saturated rings. The molecule has 3 heteroatoms. The molecule has 0 amide bonds. The van der Waals surface area contributed by atoms with Crippen LogP contribution in [0.5, 0.6) is 5.75 Å². The van der Waals surface area contributed by atoms with E-state index < -0.39 is 0 Å². The Morgan fingerprint density at radius 3 is 2.67 bits per heavy atom. The summed E-state index contributed by atoms with van der Waals surface area (Å²) < 4.78 is 18.6. The van der Waals surface area contributed by atoms with Crippen LogP contribution in [0.25, 0.3) is 0 Å². The zero-order valence-corrected chi connectivity index (χ0v) is 11.5. The minimum atomic E-state index is -0.175. The van der Waals surface area contributed by atoms with Crippen LogP contribution < -0.4 is 10.1 Å². The molecule has 0 aliphatic heterocycles. The van der Waals surface area contributed by atoms with Crippen LogP contribution in [0.4, 0.5) is 4.39 Å². The van der Waals surface area contributed by atoms with Crippen molar-refractivity contribution in [3.8, 4) is 5.75 Å². The second-order valence-electron chi connectivity index (χ2n) is 4.53. The summed E-state index contributed by atoms with van der Waals surface area (Å²) in [6.07, 6.45) is 4.70. The molecule has 0 saturated heterocycles. The first-order valence-corrected chi connectivity index (χ1v) is 6.83. The Labute approximate surface area is 110 Å². The van der Waals surface area contributed by atoms with Gasteiger partial charge in [0.1, 0.15) is 11.6 Å². The van der Waals surface area contributed by atoms with Crippen molar-refractivity contribution in [2.45, 2.75) is 39.5 Å². The molecule has 0 atom stereocenters. The third kappa shape index (κ3) is 6.01. The van der Waals surface area contributed by atoms with Crippen LogP contribution in [0, 0.1) is 12.7 Å². The van der Waals surface area contributed by atoms with Gasteiger partial charge in [0.05, 0.1) is 6.61 Å². The van der Waals surface area contributed by atoms with Crippen molar-refractivity contribution < 1.29 is 9.13 Å². The zero-order valence-electron chi connectivity index (χ0n) is 11.5. The summed E-state index contributed by atoms with van der Waals surface area (Å²) in [5.74, 6) is 0.590. The Morgan fingerprint density at radius 2 is 1.94 bits per heavy atom. The molecule has 0 heterocycles. The van der Waals surface area contributed by atoms with E-state index in [0.29, 0.717) is 12.2 Å². The highest BCUT2D eigenvalue weighted by Crippen LogP contribution is 2.16. The SMILES string of the molecule is CCNCCCCCCOc1ccc(F)c(C)c1. The molecule has 2 nitrogen and oxygen atoms in total. The van der Waals surface area contributed by atoms with E-state index in [9.17, 15) is 4.39 Å². The van der Waals surface area contributed by atoms with E-state index in [0.717, 1.165) is 25.3 Å². The molecule has 0 aliphatic rings. The number of benzene rings is 1. The van der Waals surface area contributed by atoms with Crippen LogP contribution in [-0.2, 0) is 0 Å². The van der Waals surface area contributed by atoms with Crippen LogP contribution in [0.1, 0.15) is 38.2 Å². The molecule has 18 heavy (non-hydrogen) atoms. The third-order valence-corrected chi connectivity index (χ3v) is 2.90. The van der Waals surface area contributed by atoms with Crippen molar-refractivity contribution in [1.29, 1.82) is 0 Å². The lowest BCUT2D eigenvalue weighted by molar-refractivity contribution is 0.304. The molecule has 0 unspecified atom stereocenters. The van der Waals surface area contributed by atoms with Gasteiger partial charge in [-0.2, -0.15) is 0 Å². The molecule has 1 aromatic rings. The standard InChI is InChI=1S/C15H24FNO/c1-3-17-10-6-4-5-7-11-18-14-8-9-15(16)13(2)12-14/h8-9,12,17H,3-7,10-11H2,1-2H3. The smallest absolute Gasteiger partial charge is 0.126 e. The maximum Gasteiger partial charge on any atom is 0.126 e. The minimum Gasteiger partial charge on any atom is -0.494 e. The molecule has 0 bridgehead atoms. The molecule has 1 aromatic carbocycles.